The van der Waals surface area contributed by atoms with Crippen LogP contribution in [-0.2, 0) is 0 Å². The van der Waals surface area contributed by atoms with Gasteiger partial charge in [0.1, 0.15) is 5.83 Å². The summed E-state index contributed by atoms with van der Waals surface area (Å²) in [6, 6.07) is 0. The summed E-state index contributed by atoms with van der Waals surface area (Å²) >= 11 is 0. The van der Waals surface area contributed by atoms with E-state index in [1.165, 1.54) is 18.6 Å². The molecule has 0 spiro atoms. The number of nitrogens with zero attached hydrogens (tertiary/aromatic N) is 1. The first kappa shape index (κ1) is 10.0. The smallest absolute Gasteiger partial charge is 0.124 e. The first-order chi connectivity index (χ1) is 6.13. The Bertz CT molecular complexity index is 242. The van der Waals surface area contributed by atoms with Crippen molar-refractivity contribution in [3.8, 4) is 0 Å². The van der Waals surface area contributed by atoms with E-state index in [4.69, 9.17) is 0 Å². The first-order valence-corrected chi connectivity index (χ1v) is 4.57. The van der Waals surface area contributed by atoms with Crippen molar-refractivity contribution in [3.63, 3.8) is 0 Å². The molecule has 1 rings (SSSR count). The van der Waals surface area contributed by atoms with E-state index < -0.39 is 0 Å². The fraction of sp³-hybridized carbons (Fsp3) is 0.455. The van der Waals surface area contributed by atoms with Gasteiger partial charge in [0.05, 0.1) is 0 Å². The van der Waals surface area contributed by atoms with Gasteiger partial charge in [0.15, 0.2) is 0 Å². The Morgan fingerprint density at radius 1 is 1.62 bits per heavy atom. The third-order valence-electron chi connectivity index (χ3n) is 2.33. The number of likely N-dealkylation sites (tertiary alicyclic amines) is 1. The largest absolute Gasteiger partial charge is 0.372 e. The lowest BCUT2D eigenvalue weighted by atomic mass is 10.2. The minimum absolute atomic E-state index is 0.315. The van der Waals surface area contributed by atoms with Crippen molar-refractivity contribution in [2.75, 3.05) is 13.1 Å². The number of hydrogen-bond donors (Lipinski definition) is 0. The van der Waals surface area contributed by atoms with E-state index in [1.807, 2.05) is 0 Å². The van der Waals surface area contributed by atoms with Crippen LogP contribution in [0.3, 0.4) is 0 Å². The fourth-order valence-electron chi connectivity index (χ4n) is 1.51. The summed E-state index contributed by atoms with van der Waals surface area (Å²) in [7, 11) is 0. The Balaban J connectivity index is 2.54. The van der Waals surface area contributed by atoms with Crippen LogP contribution in [0.25, 0.3) is 0 Å². The first-order valence-electron chi connectivity index (χ1n) is 4.57. The van der Waals surface area contributed by atoms with E-state index in [9.17, 15) is 4.39 Å². The maximum absolute atomic E-state index is 12.8. The van der Waals surface area contributed by atoms with Crippen molar-refractivity contribution >= 4 is 0 Å². The number of allylic oxidation sites excluding steroid dienone is 3. The normalized spacial score (nSPS) is 23.4. The average Bonchev–Trinajstić information content (AvgIpc) is 2.51. The van der Waals surface area contributed by atoms with Crippen molar-refractivity contribution in [2.45, 2.75) is 13.3 Å². The third-order valence-corrected chi connectivity index (χ3v) is 2.33. The summed E-state index contributed by atoms with van der Waals surface area (Å²) in [6.07, 6.45) is 3.80. The molecule has 0 bridgehead atoms. The van der Waals surface area contributed by atoms with Crippen LogP contribution in [0.1, 0.15) is 13.3 Å². The minimum Gasteiger partial charge on any atom is -0.372 e. The zero-order valence-electron chi connectivity index (χ0n) is 8.09. The molecular formula is C11H16FN. The average molecular weight is 181 g/mol. The number of rotatable bonds is 3. The molecule has 1 nitrogen and oxygen atoms in total. The van der Waals surface area contributed by atoms with Crippen LogP contribution >= 0.6 is 0 Å². The summed E-state index contributed by atoms with van der Waals surface area (Å²) < 4.78 is 12.8. The molecule has 0 saturated carbocycles. The Morgan fingerprint density at radius 3 is 2.77 bits per heavy atom. The summed E-state index contributed by atoms with van der Waals surface area (Å²) in [5.41, 5.74) is 0.752. The highest BCUT2D eigenvalue weighted by atomic mass is 19.1. The highest BCUT2D eigenvalue weighted by Crippen LogP contribution is 2.20. The second-order valence-corrected chi connectivity index (χ2v) is 3.56. The van der Waals surface area contributed by atoms with Gasteiger partial charge in [-0.25, -0.2) is 4.39 Å². The van der Waals surface area contributed by atoms with Crippen molar-refractivity contribution < 1.29 is 4.39 Å². The van der Waals surface area contributed by atoms with Gasteiger partial charge in [0.25, 0.3) is 0 Å². The standard InChI is InChI=1S/C11H16FN/c1-4-11(12)7-10(3)13-6-5-9(2)8-13/h4,7,9H,1,3,5-6,8H2,2H3/b11-7+. The fourth-order valence-corrected chi connectivity index (χ4v) is 1.51. The lowest BCUT2D eigenvalue weighted by Gasteiger charge is -2.17. The quantitative estimate of drug-likeness (QED) is 0.605. The molecule has 1 fully saturated rings. The summed E-state index contributed by atoms with van der Waals surface area (Å²) in [5.74, 6) is 0.376. The van der Waals surface area contributed by atoms with Crippen molar-refractivity contribution in [1.29, 1.82) is 0 Å². The van der Waals surface area contributed by atoms with Gasteiger partial charge in [-0.1, -0.05) is 20.1 Å². The summed E-state index contributed by atoms with van der Waals surface area (Å²) in [5, 5.41) is 0. The van der Waals surface area contributed by atoms with Crippen molar-refractivity contribution in [2.24, 2.45) is 5.92 Å². The van der Waals surface area contributed by atoms with Gasteiger partial charge < -0.3 is 4.90 Å². The molecular weight excluding hydrogens is 165 g/mol. The van der Waals surface area contributed by atoms with E-state index in [1.54, 1.807) is 0 Å². The SMILES string of the molecule is C=C/C(F)=C\C(=C)N1CCC(C)C1. The van der Waals surface area contributed by atoms with Crippen LogP contribution < -0.4 is 0 Å². The highest BCUT2D eigenvalue weighted by Gasteiger charge is 2.18. The molecule has 0 aromatic rings. The van der Waals surface area contributed by atoms with Gasteiger partial charge in [-0.15, -0.1) is 0 Å². The second kappa shape index (κ2) is 4.26. The molecule has 2 heteroatoms. The molecule has 1 aliphatic rings. The number of hydrogen-bond acceptors (Lipinski definition) is 1. The Labute approximate surface area is 79.2 Å². The van der Waals surface area contributed by atoms with Gasteiger partial charge in [0.2, 0.25) is 0 Å². The molecule has 0 N–H and O–H groups in total. The van der Waals surface area contributed by atoms with E-state index in [0.717, 1.165) is 18.8 Å². The van der Waals surface area contributed by atoms with E-state index >= 15 is 0 Å². The second-order valence-electron chi connectivity index (χ2n) is 3.56. The van der Waals surface area contributed by atoms with Crippen LogP contribution in [0.15, 0.2) is 36.8 Å². The molecule has 1 saturated heterocycles. The van der Waals surface area contributed by atoms with Crippen molar-refractivity contribution in [3.05, 3.63) is 36.8 Å². The topological polar surface area (TPSA) is 3.24 Å². The zero-order valence-corrected chi connectivity index (χ0v) is 8.09. The minimum atomic E-state index is -0.315. The van der Waals surface area contributed by atoms with Crippen molar-refractivity contribution in [1.82, 2.24) is 4.90 Å². The Kier molecular flexibility index (Phi) is 3.29. The number of halogens is 1. The summed E-state index contributed by atoms with van der Waals surface area (Å²) in [6.45, 7) is 11.3. The predicted molar refractivity (Wildman–Crippen MR) is 53.9 cm³/mol. The third kappa shape index (κ3) is 2.72. The van der Waals surface area contributed by atoms with E-state index in [0.29, 0.717) is 5.92 Å². The molecule has 1 unspecified atom stereocenters. The van der Waals surface area contributed by atoms with Crippen LogP contribution in [0, 0.1) is 5.92 Å². The van der Waals surface area contributed by atoms with Crippen LogP contribution in [0.4, 0.5) is 4.39 Å². The van der Waals surface area contributed by atoms with Gasteiger partial charge in [-0.3, -0.25) is 0 Å². The van der Waals surface area contributed by atoms with E-state index in [-0.39, 0.29) is 5.83 Å². The predicted octanol–water partition coefficient (Wildman–Crippen LogP) is 2.88. The van der Waals surface area contributed by atoms with E-state index in [2.05, 4.69) is 25.0 Å². The maximum atomic E-state index is 12.8. The van der Waals surface area contributed by atoms with Gasteiger partial charge >= 0.3 is 0 Å². The molecule has 1 atom stereocenters. The molecule has 0 aromatic heterocycles. The molecule has 13 heavy (non-hydrogen) atoms. The molecule has 1 heterocycles. The van der Waals surface area contributed by atoms with Gasteiger partial charge in [-0.05, 0) is 24.5 Å². The van der Waals surface area contributed by atoms with Gasteiger partial charge in [0, 0.05) is 18.8 Å². The summed E-state index contributed by atoms with van der Waals surface area (Å²) in [4.78, 5) is 2.10. The Morgan fingerprint density at radius 2 is 2.31 bits per heavy atom. The molecule has 1 aliphatic heterocycles. The molecule has 0 aromatic carbocycles. The van der Waals surface area contributed by atoms with Crippen LogP contribution in [0.2, 0.25) is 0 Å². The molecule has 0 radical (unpaired) electrons. The molecule has 72 valence electrons. The molecule has 0 amide bonds. The zero-order chi connectivity index (χ0) is 9.84. The monoisotopic (exact) mass is 181 g/mol. The lowest BCUT2D eigenvalue weighted by Crippen LogP contribution is -2.17. The lowest BCUT2D eigenvalue weighted by molar-refractivity contribution is 0.422. The van der Waals surface area contributed by atoms with Crippen LogP contribution in [0.5, 0.6) is 0 Å². The van der Waals surface area contributed by atoms with Gasteiger partial charge in [-0.2, -0.15) is 0 Å². The molecule has 0 aliphatic carbocycles. The highest BCUT2D eigenvalue weighted by molar-refractivity contribution is 5.22. The Hall–Kier alpha value is -1.05. The maximum Gasteiger partial charge on any atom is 0.124 e. The van der Waals surface area contributed by atoms with Crippen LogP contribution in [-0.4, -0.2) is 18.0 Å².